The summed E-state index contributed by atoms with van der Waals surface area (Å²) in [6.07, 6.45) is 0. The molecule has 1 heterocycles. The first-order valence-corrected chi connectivity index (χ1v) is 5.77. The van der Waals surface area contributed by atoms with E-state index in [0.717, 1.165) is 10.9 Å². The van der Waals surface area contributed by atoms with Gasteiger partial charge in [-0.25, -0.2) is 9.18 Å². The largest absolute Gasteiger partial charge is 0.477 e. The van der Waals surface area contributed by atoms with Crippen LogP contribution in [0.15, 0.2) is 48.5 Å². The number of halogens is 1. The maximum Gasteiger partial charge on any atom is 0.352 e. The number of aromatic nitrogens is 1. The quantitative estimate of drug-likeness (QED) is 0.734. The zero-order valence-electron chi connectivity index (χ0n) is 9.85. The van der Waals surface area contributed by atoms with Crippen LogP contribution in [0.1, 0.15) is 10.5 Å². The summed E-state index contributed by atoms with van der Waals surface area (Å²) in [4.78, 5) is 14.2. The maximum atomic E-state index is 13.0. The number of aromatic amines is 1. The lowest BCUT2D eigenvalue weighted by atomic mass is 10.0. The number of rotatable bonds is 2. The van der Waals surface area contributed by atoms with Crippen LogP contribution in [0.25, 0.3) is 22.0 Å². The highest BCUT2D eigenvalue weighted by molar-refractivity contribution is 6.07. The van der Waals surface area contributed by atoms with Gasteiger partial charge in [0.1, 0.15) is 11.5 Å². The molecule has 0 unspecified atom stereocenters. The zero-order valence-corrected chi connectivity index (χ0v) is 9.85. The summed E-state index contributed by atoms with van der Waals surface area (Å²) in [7, 11) is 0. The van der Waals surface area contributed by atoms with E-state index in [1.807, 2.05) is 24.3 Å². The third kappa shape index (κ3) is 1.87. The Morgan fingerprint density at radius 1 is 1.05 bits per heavy atom. The van der Waals surface area contributed by atoms with Crippen molar-refractivity contribution in [1.29, 1.82) is 0 Å². The molecule has 0 saturated carbocycles. The molecule has 3 aromatic rings. The molecule has 0 bridgehead atoms. The molecule has 0 amide bonds. The molecule has 94 valence electrons. The second-order valence-electron chi connectivity index (χ2n) is 4.23. The van der Waals surface area contributed by atoms with Gasteiger partial charge in [-0.15, -0.1) is 0 Å². The van der Waals surface area contributed by atoms with E-state index in [0.29, 0.717) is 11.1 Å². The van der Waals surface area contributed by atoms with E-state index in [1.165, 1.54) is 12.1 Å². The van der Waals surface area contributed by atoms with E-state index in [4.69, 9.17) is 0 Å². The van der Waals surface area contributed by atoms with Gasteiger partial charge in [0.05, 0.1) is 0 Å². The summed E-state index contributed by atoms with van der Waals surface area (Å²) in [6.45, 7) is 0. The van der Waals surface area contributed by atoms with Gasteiger partial charge in [-0.3, -0.25) is 0 Å². The number of aromatic carboxylic acids is 1. The molecular formula is C15H10FNO2. The Labute approximate surface area is 108 Å². The molecule has 3 rings (SSSR count). The zero-order chi connectivity index (χ0) is 13.4. The van der Waals surface area contributed by atoms with E-state index in [-0.39, 0.29) is 11.5 Å². The second kappa shape index (κ2) is 4.24. The minimum Gasteiger partial charge on any atom is -0.477 e. The van der Waals surface area contributed by atoms with Gasteiger partial charge in [-0.2, -0.15) is 0 Å². The van der Waals surface area contributed by atoms with Gasteiger partial charge in [-0.05, 0) is 23.8 Å². The minimum atomic E-state index is -1.03. The van der Waals surface area contributed by atoms with Crippen LogP contribution < -0.4 is 0 Å². The van der Waals surface area contributed by atoms with Crippen molar-refractivity contribution < 1.29 is 14.3 Å². The van der Waals surface area contributed by atoms with Crippen LogP contribution in [0.5, 0.6) is 0 Å². The molecule has 0 fully saturated rings. The Hall–Kier alpha value is -2.62. The Morgan fingerprint density at radius 2 is 1.74 bits per heavy atom. The normalized spacial score (nSPS) is 10.8. The fourth-order valence-corrected chi connectivity index (χ4v) is 2.22. The van der Waals surface area contributed by atoms with Crippen LogP contribution >= 0.6 is 0 Å². The highest BCUT2D eigenvalue weighted by atomic mass is 19.1. The summed E-state index contributed by atoms with van der Waals surface area (Å²) in [5, 5.41) is 10.1. The average molecular weight is 255 g/mol. The second-order valence-corrected chi connectivity index (χ2v) is 4.23. The van der Waals surface area contributed by atoms with Gasteiger partial charge >= 0.3 is 5.97 Å². The SMILES string of the molecule is O=C(O)c1[nH]c2ccccc2c1-c1ccc(F)cc1. The predicted octanol–water partition coefficient (Wildman–Crippen LogP) is 3.67. The predicted molar refractivity (Wildman–Crippen MR) is 70.7 cm³/mol. The Morgan fingerprint density at radius 3 is 2.42 bits per heavy atom. The number of para-hydroxylation sites is 1. The highest BCUT2D eigenvalue weighted by Gasteiger charge is 2.18. The van der Waals surface area contributed by atoms with Gasteiger partial charge in [0.15, 0.2) is 0 Å². The van der Waals surface area contributed by atoms with Crippen molar-refractivity contribution in [3.8, 4) is 11.1 Å². The number of hydrogen-bond acceptors (Lipinski definition) is 1. The molecule has 2 N–H and O–H groups in total. The molecule has 0 saturated heterocycles. The molecule has 0 aliphatic heterocycles. The first-order chi connectivity index (χ1) is 9.16. The van der Waals surface area contributed by atoms with Crippen molar-refractivity contribution in [2.45, 2.75) is 0 Å². The lowest BCUT2D eigenvalue weighted by molar-refractivity contribution is 0.0692. The topological polar surface area (TPSA) is 53.1 Å². The van der Waals surface area contributed by atoms with Crippen molar-refractivity contribution in [3.63, 3.8) is 0 Å². The molecule has 1 aromatic heterocycles. The number of fused-ring (bicyclic) bond motifs is 1. The van der Waals surface area contributed by atoms with E-state index in [9.17, 15) is 14.3 Å². The van der Waals surface area contributed by atoms with E-state index < -0.39 is 5.97 Å². The highest BCUT2D eigenvalue weighted by Crippen LogP contribution is 2.32. The fraction of sp³-hybridized carbons (Fsp3) is 0. The lowest BCUT2D eigenvalue weighted by Gasteiger charge is -2.02. The first kappa shape index (κ1) is 11.5. The summed E-state index contributed by atoms with van der Waals surface area (Å²) < 4.78 is 13.0. The van der Waals surface area contributed by atoms with Crippen LogP contribution in [0.3, 0.4) is 0 Å². The number of carboxylic acids is 1. The Kier molecular flexibility index (Phi) is 2.56. The van der Waals surface area contributed by atoms with Crippen molar-refractivity contribution in [2.75, 3.05) is 0 Å². The van der Waals surface area contributed by atoms with Crippen molar-refractivity contribution in [3.05, 3.63) is 60.0 Å². The molecule has 0 aliphatic carbocycles. The van der Waals surface area contributed by atoms with Crippen molar-refractivity contribution in [2.24, 2.45) is 0 Å². The van der Waals surface area contributed by atoms with Crippen LogP contribution in [-0.2, 0) is 0 Å². The van der Waals surface area contributed by atoms with Crippen molar-refractivity contribution >= 4 is 16.9 Å². The summed E-state index contributed by atoms with van der Waals surface area (Å²) in [6, 6.07) is 13.1. The minimum absolute atomic E-state index is 0.118. The molecule has 0 spiro atoms. The van der Waals surface area contributed by atoms with Gasteiger partial charge in [0, 0.05) is 16.5 Å². The average Bonchev–Trinajstić information content (AvgIpc) is 2.79. The van der Waals surface area contributed by atoms with Crippen LogP contribution in [0.2, 0.25) is 0 Å². The summed E-state index contributed by atoms with van der Waals surface area (Å²) in [5.41, 5.74) is 2.13. The van der Waals surface area contributed by atoms with Crippen LogP contribution in [-0.4, -0.2) is 16.1 Å². The smallest absolute Gasteiger partial charge is 0.352 e. The number of benzene rings is 2. The van der Waals surface area contributed by atoms with Gasteiger partial charge in [0.2, 0.25) is 0 Å². The van der Waals surface area contributed by atoms with Gasteiger partial charge in [-0.1, -0.05) is 30.3 Å². The summed E-state index contributed by atoms with van der Waals surface area (Å²) >= 11 is 0. The van der Waals surface area contributed by atoms with Gasteiger partial charge in [0.25, 0.3) is 0 Å². The number of nitrogens with one attached hydrogen (secondary N) is 1. The van der Waals surface area contributed by atoms with Crippen LogP contribution in [0.4, 0.5) is 4.39 Å². The molecule has 2 aromatic carbocycles. The molecule has 4 heteroatoms. The fourth-order valence-electron chi connectivity index (χ4n) is 2.22. The summed E-state index contributed by atoms with van der Waals surface area (Å²) in [5.74, 6) is -1.38. The molecule has 0 atom stereocenters. The Bertz CT molecular complexity index is 759. The van der Waals surface area contributed by atoms with Gasteiger partial charge < -0.3 is 10.1 Å². The molecule has 0 radical (unpaired) electrons. The van der Waals surface area contributed by atoms with Crippen molar-refractivity contribution in [1.82, 2.24) is 4.98 Å². The van der Waals surface area contributed by atoms with Crippen LogP contribution in [0, 0.1) is 5.82 Å². The molecule has 0 aliphatic rings. The third-order valence-electron chi connectivity index (χ3n) is 3.05. The number of hydrogen-bond donors (Lipinski definition) is 2. The number of carbonyl (C=O) groups is 1. The van der Waals surface area contributed by atoms with E-state index in [2.05, 4.69) is 4.98 Å². The third-order valence-corrected chi connectivity index (χ3v) is 3.05. The van der Waals surface area contributed by atoms with E-state index >= 15 is 0 Å². The monoisotopic (exact) mass is 255 g/mol. The number of carboxylic acid groups (broad SMARTS) is 1. The number of H-pyrrole nitrogens is 1. The maximum absolute atomic E-state index is 13.0. The molecule has 3 nitrogen and oxygen atoms in total. The van der Waals surface area contributed by atoms with E-state index in [1.54, 1.807) is 12.1 Å². The lowest BCUT2D eigenvalue weighted by Crippen LogP contribution is -1.98. The molecule has 19 heavy (non-hydrogen) atoms. The molecular weight excluding hydrogens is 245 g/mol. The first-order valence-electron chi connectivity index (χ1n) is 5.77. The standard InChI is InChI=1S/C15H10FNO2/c16-10-7-5-9(6-8-10)13-11-3-1-2-4-12(11)17-14(13)15(18)19/h1-8,17H,(H,18,19). The Balaban J connectivity index is 2.34.